The molecule has 1 N–H and O–H groups in total. The lowest BCUT2D eigenvalue weighted by Gasteiger charge is -2.43. The molecule has 2 amide bonds. The number of nitrogens with one attached hydrogen (secondary N) is 1. The highest BCUT2D eigenvalue weighted by molar-refractivity contribution is 7.90. The van der Waals surface area contributed by atoms with Gasteiger partial charge in [0.15, 0.2) is 5.65 Å². The van der Waals surface area contributed by atoms with E-state index in [1.165, 1.54) is 15.1 Å². The van der Waals surface area contributed by atoms with E-state index in [2.05, 4.69) is 15.3 Å². The number of carbonyl (C=O) groups is 2. The molecular formula is C41H45N7O6S. The van der Waals surface area contributed by atoms with Crippen molar-refractivity contribution < 1.29 is 27.5 Å². The van der Waals surface area contributed by atoms with Gasteiger partial charge in [-0.05, 0) is 69.0 Å². The number of aromatic nitrogens is 4. The molecule has 0 unspecified atom stereocenters. The number of nitrogens with zero attached hydrogens (tertiary/aromatic N) is 6. The molecule has 1 fully saturated rings. The number of pyridine rings is 1. The Morgan fingerprint density at radius 3 is 2.40 bits per heavy atom. The molecule has 0 spiro atoms. The van der Waals surface area contributed by atoms with Gasteiger partial charge in [-0.1, -0.05) is 54.6 Å². The normalized spacial score (nSPS) is 15.8. The third kappa shape index (κ3) is 7.78. The molecule has 1 aliphatic carbocycles. The van der Waals surface area contributed by atoms with Crippen LogP contribution in [-0.4, -0.2) is 78.0 Å². The molecule has 7 rings (SSSR count). The molecule has 55 heavy (non-hydrogen) atoms. The van der Waals surface area contributed by atoms with Crippen molar-refractivity contribution >= 4 is 55.8 Å². The van der Waals surface area contributed by atoms with Crippen molar-refractivity contribution in [1.29, 1.82) is 0 Å². The van der Waals surface area contributed by atoms with Crippen molar-refractivity contribution in [1.82, 2.24) is 24.1 Å². The van der Waals surface area contributed by atoms with Crippen LogP contribution in [0.15, 0.2) is 102 Å². The van der Waals surface area contributed by atoms with E-state index in [4.69, 9.17) is 14.5 Å². The van der Waals surface area contributed by atoms with Crippen molar-refractivity contribution in [3.63, 3.8) is 0 Å². The van der Waals surface area contributed by atoms with E-state index >= 15 is 0 Å². The molecule has 1 saturated carbocycles. The molecule has 0 radical (unpaired) electrons. The lowest BCUT2D eigenvalue weighted by atomic mass is 9.85. The van der Waals surface area contributed by atoms with Gasteiger partial charge >= 0.3 is 6.09 Å². The summed E-state index contributed by atoms with van der Waals surface area (Å²) in [4.78, 5) is 33.1. The first kappa shape index (κ1) is 37.6. The number of anilines is 2. The minimum absolute atomic E-state index is 0.0453. The summed E-state index contributed by atoms with van der Waals surface area (Å²) in [6.45, 7) is 6.99. The van der Waals surface area contributed by atoms with Gasteiger partial charge in [0.2, 0.25) is 6.41 Å². The van der Waals surface area contributed by atoms with Crippen molar-refractivity contribution in [2.75, 3.05) is 30.5 Å². The topological polar surface area (TPSA) is 141 Å². The molecule has 286 valence electrons. The number of hydrogen-bond donors (Lipinski definition) is 1. The Bertz CT molecular complexity index is 2440. The summed E-state index contributed by atoms with van der Waals surface area (Å²) < 4.78 is 43.1. The van der Waals surface area contributed by atoms with Gasteiger partial charge in [0, 0.05) is 43.3 Å². The first-order chi connectivity index (χ1) is 26.3. The first-order valence-corrected chi connectivity index (χ1v) is 19.6. The molecular weight excluding hydrogens is 719 g/mol. The van der Waals surface area contributed by atoms with Crippen molar-refractivity contribution in [3.8, 4) is 11.1 Å². The largest absolute Gasteiger partial charge is 0.444 e. The van der Waals surface area contributed by atoms with Crippen LogP contribution in [0.25, 0.3) is 33.1 Å². The van der Waals surface area contributed by atoms with Crippen LogP contribution in [0.5, 0.6) is 0 Å². The maximum Gasteiger partial charge on any atom is 0.407 e. The number of carbonyl (C=O) groups excluding carboxylic acids is 2. The Morgan fingerprint density at radius 2 is 1.71 bits per heavy atom. The number of ether oxygens (including phenoxy) is 2. The van der Waals surface area contributed by atoms with Crippen molar-refractivity contribution in [3.05, 3.63) is 103 Å². The van der Waals surface area contributed by atoms with Gasteiger partial charge < -0.3 is 24.6 Å². The van der Waals surface area contributed by atoms with Crippen LogP contribution in [-0.2, 0) is 37.4 Å². The maximum absolute atomic E-state index is 14.3. The van der Waals surface area contributed by atoms with Gasteiger partial charge in [0.1, 0.15) is 5.60 Å². The summed E-state index contributed by atoms with van der Waals surface area (Å²) in [5.74, 6) is 0. The molecule has 3 aromatic heterocycles. The minimum Gasteiger partial charge on any atom is -0.444 e. The molecule has 14 heteroatoms. The Morgan fingerprint density at radius 1 is 1.00 bits per heavy atom. The molecule has 0 atom stereocenters. The van der Waals surface area contributed by atoms with Gasteiger partial charge in [-0.3, -0.25) is 9.48 Å². The standard InChI is InChI=1S/C41H45N7O6S/c1-41(2,3)54-40(50)44-31-21-32(22-31)46(5)38-36(45(4)27-49)24-42-39-37(38)34(25-48(39)55(51,52)33-14-10-7-11-15-33)29-16-17-35-30(20-29)23-43-47(35)18-19-53-26-28-12-8-6-9-13-28/h6-17,20,23-25,27,31-32H,18-19,21-22,26H2,1-5H3,(H,44,50). The highest BCUT2D eigenvalue weighted by Gasteiger charge is 2.37. The lowest BCUT2D eigenvalue weighted by molar-refractivity contribution is -0.107. The van der Waals surface area contributed by atoms with E-state index in [0.717, 1.165) is 22.0 Å². The number of fused-ring (bicyclic) bond motifs is 2. The quantitative estimate of drug-likeness (QED) is 0.102. The van der Waals surface area contributed by atoms with E-state index in [9.17, 15) is 18.0 Å². The fourth-order valence-electron chi connectivity index (χ4n) is 6.95. The smallest absolute Gasteiger partial charge is 0.407 e. The van der Waals surface area contributed by atoms with E-state index in [1.807, 2.05) is 81.0 Å². The molecule has 13 nitrogen and oxygen atoms in total. The average molecular weight is 764 g/mol. The monoisotopic (exact) mass is 763 g/mol. The summed E-state index contributed by atoms with van der Waals surface area (Å²) in [6, 6.07) is 24.0. The Balaban J connectivity index is 1.28. The molecule has 0 saturated heterocycles. The van der Waals surface area contributed by atoms with Gasteiger partial charge in [-0.2, -0.15) is 5.10 Å². The van der Waals surface area contributed by atoms with E-state index in [1.54, 1.807) is 49.8 Å². The summed E-state index contributed by atoms with van der Waals surface area (Å²) in [6.07, 6.45) is 6.39. The summed E-state index contributed by atoms with van der Waals surface area (Å²) in [7, 11) is -0.531. The molecule has 1 aliphatic rings. The Kier molecular flexibility index (Phi) is 10.4. The predicted octanol–water partition coefficient (Wildman–Crippen LogP) is 6.59. The van der Waals surface area contributed by atoms with Gasteiger partial charge in [-0.15, -0.1) is 0 Å². The molecule has 0 bridgehead atoms. The minimum atomic E-state index is -4.09. The Hall–Kier alpha value is -5.73. The second kappa shape index (κ2) is 15.2. The zero-order valence-corrected chi connectivity index (χ0v) is 32.4. The van der Waals surface area contributed by atoms with Crippen LogP contribution in [0.2, 0.25) is 0 Å². The molecule has 3 heterocycles. The number of rotatable bonds is 13. The van der Waals surface area contributed by atoms with E-state index < -0.39 is 21.7 Å². The van der Waals surface area contributed by atoms with Gasteiger partial charge in [-0.25, -0.2) is 22.2 Å². The van der Waals surface area contributed by atoms with Crippen LogP contribution < -0.4 is 15.1 Å². The average Bonchev–Trinajstić information content (AvgIpc) is 3.75. The van der Waals surface area contributed by atoms with Crippen LogP contribution in [0.1, 0.15) is 39.2 Å². The van der Waals surface area contributed by atoms with Crippen LogP contribution in [0, 0.1) is 0 Å². The summed E-state index contributed by atoms with van der Waals surface area (Å²) >= 11 is 0. The van der Waals surface area contributed by atoms with E-state index in [-0.39, 0.29) is 22.6 Å². The molecule has 0 aliphatic heterocycles. The summed E-state index contributed by atoms with van der Waals surface area (Å²) in [5, 5.41) is 9.02. The third-order valence-electron chi connectivity index (χ3n) is 9.82. The SMILES string of the molecule is CN(C=O)c1cnc2c(c(-c3ccc4c(cnn4CCOCc4ccccc4)c3)cn2S(=O)(=O)c2ccccc2)c1N(C)C1CC(NC(=O)OC(C)(C)C)C1. The van der Waals surface area contributed by atoms with Crippen LogP contribution >= 0.6 is 0 Å². The van der Waals surface area contributed by atoms with Crippen molar-refractivity contribution in [2.24, 2.45) is 0 Å². The van der Waals surface area contributed by atoms with Gasteiger partial charge in [0.05, 0.1) is 59.3 Å². The lowest BCUT2D eigenvalue weighted by Crippen LogP contribution is -2.54. The first-order valence-electron chi connectivity index (χ1n) is 18.2. The zero-order valence-electron chi connectivity index (χ0n) is 31.5. The maximum atomic E-state index is 14.3. The highest BCUT2D eigenvalue weighted by Crippen LogP contribution is 2.45. The van der Waals surface area contributed by atoms with Gasteiger partial charge in [0.25, 0.3) is 10.0 Å². The highest BCUT2D eigenvalue weighted by atomic mass is 32.2. The number of alkyl carbamates (subject to hydrolysis) is 1. The summed E-state index contributed by atoms with van der Waals surface area (Å²) in [5.41, 5.74) is 4.12. The van der Waals surface area contributed by atoms with Crippen molar-refractivity contribution in [2.45, 2.75) is 69.3 Å². The third-order valence-corrected chi connectivity index (χ3v) is 11.5. The molecule has 6 aromatic rings. The van der Waals surface area contributed by atoms with E-state index in [0.29, 0.717) is 61.3 Å². The zero-order chi connectivity index (χ0) is 38.9. The van der Waals surface area contributed by atoms with Crippen LogP contribution in [0.4, 0.5) is 16.2 Å². The fourth-order valence-corrected chi connectivity index (χ4v) is 8.29. The van der Waals surface area contributed by atoms with Crippen LogP contribution in [0.3, 0.4) is 0 Å². The number of amides is 2. The molecule has 3 aromatic carbocycles. The number of hydrogen-bond acceptors (Lipinski definition) is 9. The number of benzene rings is 3. The fraction of sp³-hybridized carbons (Fsp3) is 0.317. The Labute approximate surface area is 320 Å². The second-order valence-electron chi connectivity index (χ2n) is 14.8. The predicted molar refractivity (Wildman–Crippen MR) is 213 cm³/mol. The second-order valence-corrected chi connectivity index (χ2v) is 16.6.